The number of likely N-dealkylation sites (tertiary alicyclic amines) is 1. The number of rotatable bonds is 5. The van der Waals surface area contributed by atoms with Crippen LogP contribution >= 0.6 is 11.6 Å². The van der Waals surface area contributed by atoms with Gasteiger partial charge in [-0.25, -0.2) is 4.39 Å². The molecule has 3 aromatic carbocycles. The van der Waals surface area contributed by atoms with Crippen molar-refractivity contribution in [3.8, 4) is 0 Å². The molecule has 1 saturated heterocycles. The van der Waals surface area contributed by atoms with Crippen LogP contribution in [0.15, 0.2) is 60.7 Å². The van der Waals surface area contributed by atoms with Gasteiger partial charge in [-0.3, -0.25) is 14.5 Å². The fraction of sp³-hybridized carbons (Fsp3) is 0.250. The van der Waals surface area contributed by atoms with E-state index in [1.54, 1.807) is 0 Å². The molecule has 1 aliphatic heterocycles. The quantitative estimate of drug-likeness (QED) is 0.593. The molecule has 1 aliphatic rings. The van der Waals surface area contributed by atoms with Gasteiger partial charge in [0.1, 0.15) is 5.82 Å². The maximum Gasteiger partial charge on any atom is 0.238 e. The van der Waals surface area contributed by atoms with E-state index < -0.39 is 5.82 Å². The van der Waals surface area contributed by atoms with Crippen molar-refractivity contribution in [3.63, 3.8) is 0 Å². The van der Waals surface area contributed by atoms with Crippen molar-refractivity contribution in [3.05, 3.63) is 71.5 Å². The van der Waals surface area contributed by atoms with E-state index in [0.717, 1.165) is 16.5 Å². The van der Waals surface area contributed by atoms with Crippen molar-refractivity contribution in [1.29, 1.82) is 0 Å². The van der Waals surface area contributed by atoms with Crippen LogP contribution in [0.2, 0.25) is 5.02 Å². The van der Waals surface area contributed by atoms with Crippen LogP contribution in [0.5, 0.6) is 0 Å². The lowest BCUT2D eigenvalue weighted by Crippen LogP contribution is -2.41. The average Bonchev–Trinajstić information content (AvgIpc) is 2.77. The van der Waals surface area contributed by atoms with Crippen molar-refractivity contribution >= 4 is 45.6 Å². The van der Waals surface area contributed by atoms with Crippen molar-refractivity contribution in [1.82, 2.24) is 4.90 Å². The summed E-state index contributed by atoms with van der Waals surface area (Å²) < 4.78 is 13.3. The standard InChI is InChI=1S/C24H23ClFN3O2/c25-20-14-18(8-9-21(20)26)27-24(31)17-10-12-29(13-11-17)15-23(30)28-22-7-3-5-16-4-1-2-6-19(16)22/h1-9,14,17H,10-13,15H2,(H,27,31)(H,28,30). The van der Waals surface area contributed by atoms with Crippen molar-refractivity contribution < 1.29 is 14.0 Å². The number of hydrogen-bond acceptors (Lipinski definition) is 3. The number of amides is 2. The highest BCUT2D eigenvalue weighted by Crippen LogP contribution is 2.24. The normalized spacial score (nSPS) is 15.0. The van der Waals surface area contributed by atoms with Crippen molar-refractivity contribution in [2.75, 3.05) is 30.3 Å². The Hall–Kier alpha value is -2.96. The third kappa shape index (κ3) is 5.21. The van der Waals surface area contributed by atoms with Gasteiger partial charge in [-0.2, -0.15) is 0 Å². The Morgan fingerprint density at radius 1 is 1.00 bits per heavy atom. The Bertz CT molecular complexity index is 1110. The fourth-order valence-electron chi connectivity index (χ4n) is 3.90. The van der Waals surface area contributed by atoms with Gasteiger partial charge in [0.15, 0.2) is 0 Å². The highest BCUT2D eigenvalue weighted by molar-refractivity contribution is 6.31. The molecule has 4 rings (SSSR count). The molecule has 3 aromatic rings. The second-order valence-electron chi connectivity index (χ2n) is 7.74. The highest BCUT2D eigenvalue weighted by atomic mass is 35.5. The van der Waals surface area contributed by atoms with E-state index in [9.17, 15) is 14.0 Å². The zero-order valence-electron chi connectivity index (χ0n) is 16.9. The summed E-state index contributed by atoms with van der Waals surface area (Å²) in [4.78, 5) is 27.1. The van der Waals surface area contributed by atoms with Crippen LogP contribution in [-0.4, -0.2) is 36.3 Å². The topological polar surface area (TPSA) is 61.4 Å². The van der Waals surface area contributed by atoms with Gasteiger partial charge in [-0.05, 0) is 55.6 Å². The molecule has 1 fully saturated rings. The van der Waals surface area contributed by atoms with Gasteiger partial charge in [0.2, 0.25) is 11.8 Å². The molecule has 0 aliphatic carbocycles. The van der Waals surface area contributed by atoms with Crippen LogP contribution in [0.1, 0.15) is 12.8 Å². The number of fused-ring (bicyclic) bond motifs is 1. The Morgan fingerprint density at radius 2 is 1.74 bits per heavy atom. The predicted molar refractivity (Wildman–Crippen MR) is 122 cm³/mol. The summed E-state index contributed by atoms with van der Waals surface area (Å²) in [7, 11) is 0. The van der Waals surface area contributed by atoms with E-state index in [0.29, 0.717) is 31.6 Å². The minimum absolute atomic E-state index is 0.0233. The van der Waals surface area contributed by atoms with E-state index >= 15 is 0 Å². The summed E-state index contributed by atoms with van der Waals surface area (Å²) in [5.41, 5.74) is 1.28. The largest absolute Gasteiger partial charge is 0.326 e. The van der Waals surface area contributed by atoms with E-state index in [1.165, 1.54) is 18.2 Å². The lowest BCUT2D eigenvalue weighted by molar-refractivity contribution is -0.121. The van der Waals surface area contributed by atoms with Gasteiger partial charge in [0.25, 0.3) is 0 Å². The summed E-state index contributed by atoms with van der Waals surface area (Å²) in [6, 6.07) is 17.9. The number of hydrogen-bond donors (Lipinski definition) is 2. The third-order valence-electron chi connectivity index (χ3n) is 5.58. The van der Waals surface area contributed by atoms with Gasteiger partial charge in [-0.15, -0.1) is 0 Å². The summed E-state index contributed by atoms with van der Waals surface area (Å²) >= 11 is 5.77. The second-order valence-corrected chi connectivity index (χ2v) is 8.15. The number of piperidine rings is 1. The maximum atomic E-state index is 13.3. The van der Waals surface area contributed by atoms with Gasteiger partial charge in [0.05, 0.1) is 11.6 Å². The first-order chi connectivity index (χ1) is 15.0. The van der Waals surface area contributed by atoms with Gasteiger partial charge < -0.3 is 10.6 Å². The molecule has 0 aromatic heterocycles. The molecule has 31 heavy (non-hydrogen) atoms. The first kappa shape index (κ1) is 21.3. The summed E-state index contributed by atoms with van der Waals surface area (Å²) in [5, 5.41) is 7.87. The van der Waals surface area contributed by atoms with E-state index in [2.05, 4.69) is 15.5 Å². The number of anilines is 2. The van der Waals surface area contributed by atoms with E-state index in [1.807, 2.05) is 42.5 Å². The smallest absolute Gasteiger partial charge is 0.238 e. The molecule has 5 nitrogen and oxygen atoms in total. The summed E-state index contributed by atoms with van der Waals surface area (Å²) in [5.74, 6) is -0.848. The number of halogens is 2. The number of benzene rings is 3. The number of carbonyl (C=O) groups is 2. The molecule has 0 spiro atoms. The predicted octanol–water partition coefficient (Wildman–Crippen LogP) is 4.92. The Balaban J connectivity index is 1.28. The molecule has 7 heteroatoms. The molecule has 160 valence electrons. The molecule has 1 heterocycles. The van der Waals surface area contributed by atoms with Crippen LogP contribution in [0, 0.1) is 11.7 Å². The average molecular weight is 440 g/mol. The lowest BCUT2D eigenvalue weighted by Gasteiger charge is -2.30. The number of nitrogens with zero attached hydrogens (tertiary/aromatic N) is 1. The van der Waals surface area contributed by atoms with Crippen LogP contribution in [0.25, 0.3) is 10.8 Å². The zero-order valence-corrected chi connectivity index (χ0v) is 17.7. The summed E-state index contributed by atoms with van der Waals surface area (Å²) in [6.07, 6.45) is 1.31. The fourth-order valence-corrected chi connectivity index (χ4v) is 4.08. The molecule has 0 radical (unpaired) electrons. The van der Waals surface area contributed by atoms with Crippen LogP contribution in [-0.2, 0) is 9.59 Å². The third-order valence-corrected chi connectivity index (χ3v) is 5.87. The number of nitrogens with one attached hydrogen (secondary N) is 2. The highest BCUT2D eigenvalue weighted by Gasteiger charge is 2.26. The van der Waals surface area contributed by atoms with Gasteiger partial charge in [-0.1, -0.05) is 48.0 Å². The molecule has 0 bridgehead atoms. The van der Waals surface area contributed by atoms with E-state index in [4.69, 9.17) is 11.6 Å². The van der Waals surface area contributed by atoms with Gasteiger partial charge in [0, 0.05) is 22.7 Å². The minimum atomic E-state index is -0.519. The maximum absolute atomic E-state index is 13.3. The molecule has 0 atom stereocenters. The van der Waals surface area contributed by atoms with Crippen LogP contribution < -0.4 is 10.6 Å². The first-order valence-electron chi connectivity index (χ1n) is 10.3. The Morgan fingerprint density at radius 3 is 2.52 bits per heavy atom. The molecular weight excluding hydrogens is 417 g/mol. The molecule has 2 amide bonds. The second kappa shape index (κ2) is 9.45. The van der Waals surface area contributed by atoms with Crippen LogP contribution in [0.4, 0.5) is 15.8 Å². The summed E-state index contributed by atoms with van der Waals surface area (Å²) in [6.45, 7) is 1.60. The van der Waals surface area contributed by atoms with Crippen LogP contribution in [0.3, 0.4) is 0 Å². The number of carbonyl (C=O) groups excluding carboxylic acids is 2. The Labute approximate surface area is 185 Å². The molecule has 0 saturated carbocycles. The molecular formula is C24H23ClFN3O2. The zero-order chi connectivity index (χ0) is 21.8. The SMILES string of the molecule is O=C(CN1CCC(C(=O)Nc2ccc(F)c(Cl)c2)CC1)Nc1cccc2ccccc12. The minimum Gasteiger partial charge on any atom is -0.326 e. The monoisotopic (exact) mass is 439 g/mol. The Kier molecular flexibility index (Phi) is 6.49. The lowest BCUT2D eigenvalue weighted by atomic mass is 9.95. The van der Waals surface area contributed by atoms with Crippen molar-refractivity contribution in [2.24, 2.45) is 5.92 Å². The van der Waals surface area contributed by atoms with Gasteiger partial charge >= 0.3 is 0 Å². The van der Waals surface area contributed by atoms with E-state index in [-0.39, 0.29) is 29.3 Å². The van der Waals surface area contributed by atoms with Crippen molar-refractivity contribution in [2.45, 2.75) is 12.8 Å². The molecule has 0 unspecified atom stereocenters. The first-order valence-corrected chi connectivity index (χ1v) is 10.6. The molecule has 2 N–H and O–H groups in total.